The van der Waals surface area contributed by atoms with Crippen LogP contribution in [0.25, 0.3) is 0 Å². The zero-order chi connectivity index (χ0) is 18.7. The molecule has 26 heavy (non-hydrogen) atoms. The molecule has 3 rings (SSSR count). The summed E-state index contributed by atoms with van der Waals surface area (Å²) >= 11 is 5.62. The van der Waals surface area contributed by atoms with Gasteiger partial charge in [-0.15, -0.1) is 0 Å². The zero-order valence-electron chi connectivity index (χ0n) is 15.6. The van der Waals surface area contributed by atoms with E-state index in [1.54, 1.807) is 6.92 Å². The lowest BCUT2D eigenvalue weighted by Gasteiger charge is -2.37. The van der Waals surface area contributed by atoms with Gasteiger partial charge >= 0.3 is 0 Å². The van der Waals surface area contributed by atoms with Crippen LogP contribution in [-0.2, 0) is 0 Å². The summed E-state index contributed by atoms with van der Waals surface area (Å²) in [7, 11) is 0. The fourth-order valence-corrected chi connectivity index (χ4v) is 3.45. The van der Waals surface area contributed by atoms with Crippen molar-refractivity contribution in [3.63, 3.8) is 0 Å². The van der Waals surface area contributed by atoms with Crippen LogP contribution in [0.4, 0.5) is 11.4 Å². The number of nitrogens with zero attached hydrogens (tertiary/aromatic N) is 2. The molecule has 0 radical (unpaired) electrons. The van der Waals surface area contributed by atoms with Gasteiger partial charge in [-0.05, 0) is 74.4 Å². The number of ketones is 1. The van der Waals surface area contributed by atoms with Gasteiger partial charge in [-0.2, -0.15) is 0 Å². The van der Waals surface area contributed by atoms with Gasteiger partial charge in [-0.3, -0.25) is 4.79 Å². The molecule has 1 fully saturated rings. The van der Waals surface area contributed by atoms with Gasteiger partial charge in [-0.1, -0.05) is 12.1 Å². The van der Waals surface area contributed by atoms with E-state index in [4.69, 9.17) is 12.2 Å². The molecule has 2 aromatic carbocycles. The van der Waals surface area contributed by atoms with Crippen LogP contribution < -0.4 is 10.2 Å². The lowest BCUT2D eigenvalue weighted by molar-refractivity contribution is 0.101. The first-order chi connectivity index (χ1) is 12.5. The van der Waals surface area contributed by atoms with Gasteiger partial charge in [0.15, 0.2) is 10.9 Å². The quantitative estimate of drug-likeness (QED) is 0.655. The third-order valence-electron chi connectivity index (χ3n) is 5.05. The molecule has 0 aromatic heterocycles. The Balaban J connectivity index is 1.58. The highest BCUT2D eigenvalue weighted by molar-refractivity contribution is 7.80. The third-order valence-corrected chi connectivity index (χ3v) is 5.41. The molecule has 0 bridgehead atoms. The van der Waals surface area contributed by atoms with Gasteiger partial charge in [0, 0.05) is 43.1 Å². The first kappa shape index (κ1) is 18.4. The fraction of sp³-hybridized carbons (Fsp3) is 0.333. The van der Waals surface area contributed by atoms with E-state index >= 15 is 0 Å². The molecule has 0 unspecified atom stereocenters. The Labute approximate surface area is 160 Å². The molecule has 4 nitrogen and oxygen atoms in total. The third kappa shape index (κ3) is 4.05. The second-order valence-electron chi connectivity index (χ2n) is 6.75. The van der Waals surface area contributed by atoms with E-state index in [1.165, 1.54) is 11.1 Å². The summed E-state index contributed by atoms with van der Waals surface area (Å²) in [5.41, 5.74) is 5.49. The summed E-state index contributed by atoms with van der Waals surface area (Å²) in [6, 6.07) is 14.1. The Kier molecular flexibility index (Phi) is 5.57. The molecule has 1 aliphatic rings. The molecule has 5 heteroatoms. The topological polar surface area (TPSA) is 35.6 Å². The summed E-state index contributed by atoms with van der Waals surface area (Å²) < 4.78 is 0. The first-order valence-electron chi connectivity index (χ1n) is 8.94. The number of hydrogen-bond acceptors (Lipinski definition) is 3. The van der Waals surface area contributed by atoms with Crippen LogP contribution in [0.1, 0.15) is 28.4 Å². The van der Waals surface area contributed by atoms with E-state index in [-0.39, 0.29) is 5.78 Å². The Morgan fingerprint density at radius 1 is 1.00 bits per heavy atom. The molecule has 2 aromatic rings. The maximum atomic E-state index is 11.4. The molecule has 0 spiro atoms. The van der Waals surface area contributed by atoms with Gasteiger partial charge in [0.25, 0.3) is 0 Å². The van der Waals surface area contributed by atoms with Gasteiger partial charge in [0.2, 0.25) is 0 Å². The normalized spacial score (nSPS) is 14.3. The Morgan fingerprint density at radius 3 is 2.27 bits per heavy atom. The molecule has 1 saturated heterocycles. The summed E-state index contributed by atoms with van der Waals surface area (Å²) in [6.07, 6.45) is 0. The molecule has 0 saturated carbocycles. The van der Waals surface area contributed by atoms with E-state index in [0.717, 1.165) is 48.2 Å². The number of carbonyl (C=O) groups is 1. The number of thiocarbonyl (C=S) groups is 1. The van der Waals surface area contributed by atoms with Crippen LogP contribution in [0.2, 0.25) is 0 Å². The fourth-order valence-electron chi connectivity index (χ4n) is 3.16. The number of aryl methyl sites for hydroxylation is 1. The van der Waals surface area contributed by atoms with Crippen LogP contribution in [0.5, 0.6) is 0 Å². The van der Waals surface area contributed by atoms with E-state index in [1.807, 2.05) is 24.3 Å². The lowest BCUT2D eigenvalue weighted by Crippen LogP contribution is -2.50. The summed E-state index contributed by atoms with van der Waals surface area (Å²) in [6.45, 7) is 9.40. The van der Waals surface area contributed by atoms with Gasteiger partial charge < -0.3 is 15.1 Å². The Hall–Kier alpha value is -2.40. The molecule has 136 valence electrons. The SMILES string of the molecule is CC(=O)c1ccc(N2CCN(C(=S)Nc3cccc(C)c3C)CC2)cc1. The zero-order valence-corrected chi connectivity index (χ0v) is 16.4. The monoisotopic (exact) mass is 367 g/mol. The predicted molar refractivity (Wildman–Crippen MR) is 112 cm³/mol. The maximum Gasteiger partial charge on any atom is 0.173 e. The first-order valence-corrected chi connectivity index (χ1v) is 9.34. The second-order valence-corrected chi connectivity index (χ2v) is 7.14. The van der Waals surface area contributed by atoms with Gasteiger partial charge in [-0.25, -0.2) is 0 Å². The average Bonchev–Trinajstić information content (AvgIpc) is 2.65. The molecular weight excluding hydrogens is 342 g/mol. The number of hydrogen-bond donors (Lipinski definition) is 1. The number of anilines is 2. The van der Waals surface area contributed by atoms with Crippen molar-refractivity contribution in [1.82, 2.24) is 4.90 Å². The molecule has 0 amide bonds. The van der Waals surface area contributed by atoms with Crippen molar-refractivity contribution in [1.29, 1.82) is 0 Å². The van der Waals surface area contributed by atoms with Crippen molar-refractivity contribution in [2.75, 3.05) is 36.4 Å². The van der Waals surface area contributed by atoms with E-state index < -0.39 is 0 Å². The number of Topliss-reactive ketones (excluding diaryl/α,β-unsaturated/α-hetero) is 1. The second kappa shape index (κ2) is 7.87. The molecule has 1 aliphatic heterocycles. The standard InChI is InChI=1S/C21H25N3OS/c1-15-5-4-6-20(16(15)2)22-21(26)24-13-11-23(12-14-24)19-9-7-18(8-10-19)17(3)25/h4-10H,11-14H2,1-3H3,(H,22,26). The van der Waals surface area contributed by atoms with Gasteiger partial charge in [0.05, 0.1) is 0 Å². The molecule has 1 N–H and O–H groups in total. The van der Waals surface area contributed by atoms with E-state index in [2.05, 4.69) is 47.2 Å². The summed E-state index contributed by atoms with van der Waals surface area (Å²) in [5.74, 6) is 0.101. The molecule has 0 atom stereocenters. The minimum atomic E-state index is 0.101. The predicted octanol–water partition coefficient (Wildman–Crippen LogP) is 4.03. The van der Waals surface area contributed by atoms with Crippen molar-refractivity contribution in [3.05, 3.63) is 59.2 Å². The van der Waals surface area contributed by atoms with Crippen LogP contribution in [0.15, 0.2) is 42.5 Å². The lowest BCUT2D eigenvalue weighted by atomic mass is 10.1. The number of nitrogens with one attached hydrogen (secondary N) is 1. The van der Waals surface area contributed by atoms with Crippen molar-refractivity contribution >= 4 is 34.5 Å². The maximum absolute atomic E-state index is 11.4. The van der Waals surface area contributed by atoms with E-state index in [0.29, 0.717) is 0 Å². The van der Waals surface area contributed by atoms with Crippen LogP contribution in [0, 0.1) is 13.8 Å². The highest BCUT2D eigenvalue weighted by Gasteiger charge is 2.19. The number of carbonyl (C=O) groups excluding carboxylic acids is 1. The largest absolute Gasteiger partial charge is 0.368 e. The minimum Gasteiger partial charge on any atom is -0.368 e. The highest BCUT2D eigenvalue weighted by Crippen LogP contribution is 2.20. The molecule has 0 aliphatic carbocycles. The van der Waals surface area contributed by atoms with Gasteiger partial charge in [0.1, 0.15) is 0 Å². The van der Waals surface area contributed by atoms with Crippen LogP contribution in [-0.4, -0.2) is 42.0 Å². The Morgan fingerprint density at radius 2 is 1.65 bits per heavy atom. The Bertz CT molecular complexity index is 809. The van der Waals surface area contributed by atoms with Crippen LogP contribution >= 0.6 is 12.2 Å². The highest BCUT2D eigenvalue weighted by atomic mass is 32.1. The number of piperazine rings is 1. The van der Waals surface area contributed by atoms with Crippen molar-refractivity contribution in [2.24, 2.45) is 0 Å². The smallest absolute Gasteiger partial charge is 0.173 e. The number of rotatable bonds is 3. The summed E-state index contributed by atoms with van der Waals surface area (Å²) in [5, 5.41) is 4.18. The summed E-state index contributed by atoms with van der Waals surface area (Å²) in [4.78, 5) is 16.0. The van der Waals surface area contributed by atoms with Crippen molar-refractivity contribution in [3.8, 4) is 0 Å². The van der Waals surface area contributed by atoms with Crippen LogP contribution in [0.3, 0.4) is 0 Å². The molecule has 1 heterocycles. The van der Waals surface area contributed by atoms with Crippen molar-refractivity contribution < 1.29 is 4.79 Å². The minimum absolute atomic E-state index is 0.101. The average molecular weight is 368 g/mol. The van der Waals surface area contributed by atoms with E-state index in [9.17, 15) is 4.79 Å². The molecular formula is C21H25N3OS. The number of benzene rings is 2. The van der Waals surface area contributed by atoms with Crippen molar-refractivity contribution in [2.45, 2.75) is 20.8 Å².